The van der Waals surface area contributed by atoms with E-state index in [0.717, 1.165) is 4.90 Å². The van der Waals surface area contributed by atoms with Gasteiger partial charge in [-0.2, -0.15) is 5.26 Å². The molecule has 21 heavy (non-hydrogen) atoms. The Morgan fingerprint density at radius 2 is 1.76 bits per heavy atom. The molecule has 0 saturated carbocycles. The van der Waals surface area contributed by atoms with Crippen molar-refractivity contribution in [1.29, 1.82) is 0 Å². The lowest BCUT2D eigenvalue weighted by Crippen LogP contribution is -2.66. The predicted octanol–water partition coefficient (Wildman–Crippen LogP) is 1.52. The van der Waals surface area contributed by atoms with E-state index in [1.807, 2.05) is 6.92 Å². The zero-order chi connectivity index (χ0) is 16.4. The fraction of sp³-hybridized carbons (Fsp3) is 0.786. The first-order chi connectivity index (χ1) is 9.79. The Hall–Kier alpha value is -1.63. The molecule has 2 atom stereocenters. The molecule has 1 aliphatic heterocycles. The Morgan fingerprint density at radius 1 is 1.24 bits per heavy atom. The number of carboxylic acids is 1. The number of hydrogen-bond donors (Lipinski definition) is 2. The van der Waals surface area contributed by atoms with Crippen LogP contribution in [0.3, 0.4) is 0 Å². The van der Waals surface area contributed by atoms with Crippen molar-refractivity contribution in [2.75, 3.05) is 6.54 Å². The van der Waals surface area contributed by atoms with Crippen LogP contribution < -0.4 is 0 Å². The molecule has 2 N–H and O–H groups in total. The molecular weight excluding hydrogens is 278 g/mol. The van der Waals surface area contributed by atoms with Crippen molar-refractivity contribution in [1.82, 2.24) is 4.90 Å². The van der Waals surface area contributed by atoms with E-state index in [-0.39, 0.29) is 12.5 Å². The van der Waals surface area contributed by atoms with Crippen molar-refractivity contribution in [2.45, 2.75) is 52.5 Å². The molecule has 1 amide bonds. The van der Waals surface area contributed by atoms with E-state index in [0.29, 0.717) is 19.3 Å². The molecule has 120 valence electrons. The van der Waals surface area contributed by atoms with Crippen molar-refractivity contribution in [3.05, 3.63) is 0 Å². The molecule has 1 fully saturated rings. The van der Waals surface area contributed by atoms with Crippen molar-refractivity contribution < 1.29 is 29.6 Å². The molecule has 0 aromatic carbocycles. The lowest BCUT2D eigenvalue weighted by Gasteiger charge is -2.44. The number of carbonyl (C=O) groups excluding carboxylic acids is 2. The van der Waals surface area contributed by atoms with Gasteiger partial charge >= 0.3 is 11.9 Å². The van der Waals surface area contributed by atoms with Gasteiger partial charge in [0.05, 0.1) is 0 Å². The van der Waals surface area contributed by atoms with Crippen LogP contribution in [-0.2, 0) is 19.3 Å². The van der Waals surface area contributed by atoms with Crippen LogP contribution in [0.5, 0.6) is 0 Å². The molecule has 0 bridgehead atoms. The van der Waals surface area contributed by atoms with Gasteiger partial charge in [-0.05, 0) is 18.8 Å². The van der Waals surface area contributed by atoms with Crippen LogP contribution >= 0.6 is 0 Å². The molecule has 1 unspecified atom stereocenters. The number of carboxylic acid groups (broad SMARTS) is 1. The van der Waals surface area contributed by atoms with Crippen molar-refractivity contribution in [3.8, 4) is 0 Å². The Labute approximate surface area is 123 Å². The highest BCUT2D eigenvalue weighted by Crippen LogP contribution is 2.55. The summed E-state index contributed by atoms with van der Waals surface area (Å²) in [5.74, 6) is -3.45. The second-order valence-electron chi connectivity index (χ2n) is 5.49. The van der Waals surface area contributed by atoms with Gasteiger partial charge in [-0.1, -0.05) is 27.2 Å². The fourth-order valence-corrected chi connectivity index (χ4v) is 4.12. The largest absolute Gasteiger partial charge is 0.479 e. The van der Waals surface area contributed by atoms with Gasteiger partial charge in [0.1, 0.15) is 0 Å². The maximum absolute atomic E-state index is 12.2. The smallest absolute Gasteiger partial charge is 0.379 e. The molecule has 1 saturated heterocycles. The Bertz CT molecular complexity index is 445. The first-order valence-electron chi connectivity index (χ1n) is 7.17. The highest BCUT2D eigenvalue weighted by molar-refractivity contribution is 6.08. The summed E-state index contributed by atoms with van der Waals surface area (Å²) in [5.41, 5.74) is -3.16. The molecule has 0 aromatic heterocycles. The second-order valence-corrected chi connectivity index (χ2v) is 5.49. The minimum Gasteiger partial charge on any atom is -0.479 e. The summed E-state index contributed by atoms with van der Waals surface area (Å²) in [5, 5.41) is 18.6. The number of likely N-dealkylation sites (tertiary alicyclic amines) is 1. The summed E-state index contributed by atoms with van der Waals surface area (Å²) >= 11 is 0. The number of hydrogen-bond acceptors (Lipinski definition) is 5. The molecule has 0 aliphatic carbocycles. The topological polar surface area (TPSA) is 104 Å². The number of nitrogens with zero attached hydrogens (tertiary/aromatic N) is 1. The van der Waals surface area contributed by atoms with Crippen LogP contribution in [0.15, 0.2) is 0 Å². The maximum atomic E-state index is 12.2. The van der Waals surface area contributed by atoms with Gasteiger partial charge in [-0.25, -0.2) is 9.59 Å². The van der Waals surface area contributed by atoms with Crippen molar-refractivity contribution >= 4 is 17.8 Å². The van der Waals surface area contributed by atoms with Gasteiger partial charge in [0.25, 0.3) is 0 Å². The number of aliphatic carboxylic acids is 1. The van der Waals surface area contributed by atoms with Crippen molar-refractivity contribution in [3.63, 3.8) is 0 Å². The van der Waals surface area contributed by atoms with E-state index in [1.54, 1.807) is 13.8 Å². The lowest BCUT2D eigenvalue weighted by atomic mass is 9.61. The third-order valence-corrected chi connectivity index (χ3v) is 5.13. The Kier molecular flexibility index (Phi) is 4.99. The predicted molar refractivity (Wildman–Crippen MR) is 73.3 cm³/mol. The van der Waals surface area contributed by atoms with E-state index in [2.05, 4.69) is 4.89 Å². The summed E-state index contributed by atoms with van der Waals surface area (Å²) in [6.07, 6.45) is 1.39. The van der Waals surface area contributed by atoms with Crippen LogP contribution in [0.4, 0.5) is 0 Å². The highest BCUT2D eigenvalue weighted by atomic mass is 17.1. The summed E-state index contributed by atoms with van der Waals surface area (Å²) in [6.45, 7) is 6.85. The maximum Gasteiger partial charge on any atom is 0.379 e. The van der Waals surface area contributed by atoms with Crippen LogP contribution in [0.2, 0.25) is 0 Å². The third kappa shape index (κ3) is 2.02. The molecule has 7 heteroatoms. The highest BCUT2D eigenvalue weighted by Gasteiger charge is 2.72. The van der Waals surface area contributed by atoms with Gasteiger partial charge in [0, 0.05) is 18.9 Å². The van der Waals surface area contributed by atoms with Gasteiger partial charge < -0.3 is 10.0 Å². The van der Waals surface area contributed by atoms with Gasteiger partial charge in [0.15, 0.2) is 0 Å². The zero-order valence-corrected chi connectivity index (χ0v) is 12.9. The molecule has 0 radical (unpaired) electrons. The minimum atomic E-state index is -2.18. The first kappa shape index (κ1) is 17.4. The summed E-state index contributed by atoms with van der Waals surface area (Å²) < 4.78 is 0. The summed E-state index contributed by atoms with van der Waals surface area (Å²) in [4.78, 5) is 41.1. The standard InChI is InChI=1S/C14H23NO6/c1-5-10-8-15(9(4)16)14(11(17)18,12(19)21-20)13(10,6-2)7-3/h10,20H,5-8H2,1-4H3,(H,17,18)/t10?,14-/m0/s1. The van der Waals surface area contributed by atoms with E-state index >= 15 is 0 Å². The molecular formula is C14H23NO6. The van der Waals surface area contributed by atoms with Gasteiger partial charge in [-0.15, -0.1) is 0 Å². The Morgan fingerprint density at radius 3 is 2.05 bits per heavy atom. The van der Waals surface area contributed by atoms with Crippen LogP contribution in [0.25, 0.3) is 0 Å². The van der Waals surface area contributed by atoms with E-state index in [1.165, 1.54) is 6.92 Å². The number of amides is 1. The van der Waals surface area contributed by atoms with E-state index < -0.39 is 28.8 Å². The van der Waals surface area contributed by atoms with Gasteiger partial charge in [0.2, 0.25) is 11.4 Å². The van der Waals surface area contributed by atoms with Gasteiger partial charge in [-0.3, -0.25) is 9.68 Å². The van der Waals surface area contributed by atoms with Crippen LogP contribution in [0, 0.1) is 11.3 Å². The lowest BCUT2D eigenvalue weighted by molar-refractivity contribution is -0.251. The number of carbonyl (C=O) groups is 3. The average molecular weight is 301 g/mol. The quantitative estimate of drug-likeness (QED) is 0.453. The molecule has 1 aliphatic rings. The average Bonchev–Trinajstić information content (AvgIpc) is 2.77. The summed E-state index contributed by atoms with van der Waals surface area (Å²) in [7, 11) is 0. The van der Waals surface area contributed by atoms with E-state index in [9.17, 15) is 19.5 Å². The Balaban J connectivity index is 3.72. The zero-order valence-electron chi connectivity index (χ0n) is 12.9. The molecule has 1 heterocycles. The monoisotopic (exact) mass is 301 g/mol. The molecule has 7 nitrogen and oxygen atoms in total. The van der Waals surface area contributed by atoms with Crippen LogP contribution in [-0.4, -0.2) is 45.2 Å². The van der Waals surface area contributed by atoms with E-state index in [4.69, 9.17) is 5.26 Å². The normalized spacial score (nSPS) is 27.5. The fourth-order valence-electron chi connectivity index (χ4n) is 4.12. The van der Waals surface area contributed by atoms with Crippen molar-refractivity contribution in [2.24, 2.45) is 11.3 Å². The number of rotatable bonds is 5. The molecule has 0 aromatic rings. The second kappa shape index (κ2) is 6.01. The SMILES string of the molecule is CCC1CN(C(C)=O)[C@@](C(=O)O)(C(=O)OO)C1(CC)CC. The molecule has 1 rings (SSSR count). The minimum absolute atomic E-state index is 0.161. The third-order valence-electron chi connectivity index (χ3n) is 5.13. The van der Waals surface area contributed by atoms with Crippen LogP contribution in [0.1, 0.15) is 47.0 Å². The summed E-state index contributed by atoms with van der Waals surface area (Å²) in [6, 6.07) is 0. The molecule has 0 spiro atoms. The first-order valence-corrected chi connectivity index (χ1v) is 7.17.